The Kier molecular flexibility index (Phi) is 4.16. The monoisotopic (exact) mass is 278 g/mol. The highest BCUT2D eigenvalue weighted by atomic mass is 15.2. The summed E-state index contributed by atoms with van der Waals surface area (Å²) in [5.41, 5.74) is 7.28. The molecule has 0 aromatic rings. The molecule has 116 valence electrons. The van der Waals surface area contributed by atoms with Crippen molar-refractivity contribution in [1.29, 1.82) is 0 Å². The highest BCUT2D eigenvalue weighted by Crippen LogP contribution is 2.50. The van der Waals surface area contributed by atoms with Crippen LogP contribution in [0.4, 0.5) is 0 Å². The topological polar surface area (TPSA) is 29.3 Å². The highest BCUT2D eigenvalue weighted by Gasteiger charge is 2.48. The Balaban J connectivity index is 1.72. The van der Waals surface area contributed by atoms with Crippen molar-refractivity contribution in [3.05, 3.63) is 0 Å². The van der Waals surface area contributed by atoms with Gasteiger partial charge in [-0.3, -0.25) is 4.90 Å². The molecular formula is C18H34N2. The van der Waals surface area contributed by atoms with Crippen LogP contribution in [-0.4, -0.2) is 30.1 Å². The minimum Gasteiger partial charge on any atom is -0.329 e. The van der Waals surface area contributed by atoms with Crippen molar-refractivity contribution >= 4 is 0 Å². The lowest BCUT2D eigenvalue weighted by molar-refractivity contribution is 0.0390. The molecule has 0 spiro atoms. The molecule has 2 saturated carbocycles. The van der Waals surface area contributed by atoms with E-state index in [1.165, 1.54) is 70.9 Å². The van der Waals surface area contributed by atoms with Crippen LogP contribution in [-0.2, 0) is 0 Å². The van der Waals surface area contributed by atoms with Gasteiger partial charge in [0.05, 0.1) is 0 Å². The number of likely N-dealkylation sites (tertiary alicyclic amines) is 1. The van der Waals surface area contributed by atoms with Gasteiger partial charge in [0.15, 0.2) is 0 Å². The van der Waals surface area contributed by atoms with Crippen LogP contribution in [0.25, 0.3) is 0 Å². The van der Waals surface area contributed by atoms with E-state index in [-0.39, 0.29) is 0 Å². The Morgan fingerprint density at radius 2 is 1.80 bits per heavy atom. The Morgan fingerprint density at radius 3 is 2.35 bits per heavy atom. The van der Waals surface area contributed by atoms with Gasteiger partial charge in [-0.15, -0.1) is 0 Å². The molecule has 2 heteroatoms. The van der Waals surface area contributed by atoms with Gasteiger partial charge >= 0.3 is 0 Å². The summed E-state index contributed by atoms with van der Waals surface area (Å²) >= 11 is 0. The van der Waals surface area contributed by atoms with Crippen LogP contribution in [0.3, 0.4) is 0 Å². The normalized spacial score (nSPS) is 38.2. The first kappa shape index (κ1) is 14.8. The van der Waals surface area contributed by atoms with Crippen molar-refractivity contribution in [3.63, 3.8) is 0 Å². The van der Waals surface area contributed by atoms with Gasteiger partial charge in [0.25, 0.3) is 0 Å². The standard InChI is InChI=1S/C18H34N2/c1-3-17(4-2)10-11-20(14-17)18(13-19)9-5-6-16(12-18)15-7-8-15/h15-16H,3-14,19H2,1-2H3. The van der Waals surface area contributed by atoms with Gasteiger partial charge in [0.1, 0.15) is 0 Å². The zero-order chi connectivity index (χ0) is 14.2. The van der Waals surface area contributed by atoms with Gasteiger partial charge in [-0.2, -0.15) is 0 Å². The fourth-order valence-electron chi connectivity index (χ4n) is 5.12. The van der Waals surface area contributed by atoms with E-state index in [0.717, 1.165) is 18.4 Å². The molecule has 0 aromatic heterocycles. The summed E-state index contributed by atoms with van der Waals surface area (Å²) in [6.45, 7) is 8.27. The van der Waals surface area contributed by atoms with Crippen LogP contribution in [0.5, 0.6) is 0 Å². The smallest absolute Gasteiger partial charge is 0.0334 e. The molecule has 1 saturated heterocycles. The summed E-state index contributed by atoms with van der Waals surface area (Å²) < 4.78 is 0. The molecule has 0 bridgehead atoms. The average Bonchev–Trinajstić information content (AvgIpc) is 3.26. The molecule has 2 N–H and O–H groups in total. The van der Waals surface area contributed by atoms with Gasteiger partial charge in [-0.25, -0.2) is 0 Å². The zero-order valence-electron chi connectivity index (χ0n) is 13.7. The summed E-state index contributed by atoms with van der Waals surface area (Å²) in [6.07, 6.45) is 12.7. The zero-order valence-corrected chi connectivity index (χ0v) is 13.7. The average molecular weight is 278 g/mol. The summed E-state index contributed by atoms with van der Waals surface area (Å²) in [6, 6.07) is 0. The fourth-order valence-corrected chi connectivity index (χ4v) is 5.12. The van der Waals surface area contributed by atoms with Crippen molar-refractivity contribution < 1.29 is 0 Å². The molecule has 20 heavy (non-hydrogen) atoms. The molecule has 2 nitrogen and oxygen atoms in total. The maximum absolute atomic E-state index is 6.33. The molecule has 3 rings (SSSR count). The molecule has 1 aliphatic heterocycles. The van der Waals surface area contributed by atoms with E-state index in [1.54, 1.807) is 0 Å². The van der Waals surface area contributed by atoms with Gasteiger partial charge in [-0.1, -0.05) is 26.7 Å². The number of hydrogen-bond donors (Lipinski definition) is 1. The van der Waals surface area contributed by atoms with E-state index in [2.05, 4.69) is 18.7 Å². The lowest BCUT2D eigenvalue weighted by atomic mass is 9.72. The molecule has 2 atom stereocenters. The first-order chi connectivity index (χ1) is 9.67. The first-order valence-electron chi connectivity index (χ1n) is 9.12. The van der Waals surface area contributed by atoms with Crippen LogP contribution in [0.15, 0.2) is 0 Å². The lowest BCUT2D eigenvalue weighted by Crippen LogP contribution is -2.56. The molecule has 2 unspecified atom stereocenters. The maximum atomic E-state index is 6.33. The summed E-state index contributed by atoms with van der Waals surface area (Å²) in [4.78, 5) is 2.83. The van der Waals surface area contributed by atoms with Crippen molar-refractivity contribution in [1.82, 2.24) is 4.90 Å². The molecule has 0 amide bonds. The second kappa shape index (κ2) is 5.61. The predicted octanol–water partition coefficient (Wildman–Crippen LogP) is 3.80. The SMILES string of the molecule is CCC1(CC)CCN(C2(CN)CCCC(C3CC3)C2)C1. The molecule has 0 aromatic carbocycles. The van der Waals surface area contributed by atoms with Crippen molar-refractivity contribution in [2.45, 2.75) is 77.2 Å². The third-order valence-corrected chi connectivity index (χ3v) is 7.14. The molecule has 3 fully saturated rings. The van der Waals surface area contributed by atoms with E-state index >= 15 is 0 Å². The van der Waals surface area contributed by atoms with E-state index in [4.69, 9.17) is 5.73 Å². The van der Waals surface area contributed by atoms with Crippen LogP contribution < -0.4 is 5.73 Å². The van der Waals surface area contributed by atoms with Crippen molar-refractivity contribution in [3.8, 4) is 0 Å². The van der Waals surface area contributed by atoms with Crippen LogP contribution in [0.2, 0.25) is 0 Å². The molecule has 0 radical (unpaired) electrons. The minimum atomic E-state index is 0.359. The number of nitrogens with zero attached hydrogens (tertiary/aromatic N) is 1. The Bertz CT molecular complexity index is 332. The third-order valence-electron chi connectivity index (χ3n) is 7.14. The van der Waals surface area contributed by atoms with Crippen LogP contribution >= 0.6 is 0 Å². The maximum Gasteiger partial charge on any atom is 0.0334 e. The van der Waals surface area contributed by atoms with Gasteiger partial charge in [0.2, 0.25) is 0 Å². The van der Waals surface area contributed by atoms with E-state index in [9.17, 15) is 0 Å². The second-order valence-corrected chi connectivity index (χ2v) is 8.00. The van der Waals surface area contributed by atoms with E-state index in [1.807, 2.05) is 0 Å². The summed E-state index contributed by atoms with van der Waals surface area (Å²) in [7, 11) is 0. The van der Waals surface area contributed by atoms with E-state index < -0.39 is 0 Å². The number of hydrogen-bond acceptors (Lipinski definition) is 2. The predicted molar refractivity (Wildman–Crippen MR) is 85.7 cm³/mol. The Morgan fingerprint density at radius 1 is 1.05 bits per heavy atom. The van der Waals surface area contributed by atoms with Crippen LogP contribution in [0.1, 0.15) is 71.6 Å². The third kappa shape index (κ3) is 2.54. The summed E-state index contributed by atoms with van der Waals surface area (Å²) in [5.74, 6) is 2.05. The quantitative estimate of drug-likeness (QED) is 0.829. The van der Waals surface area contributed by atoms with Crippen molar-refractivity contribution in [2.75, 3.05) is 19.6 Å². The molecular weight excluding hydrogens is 244 g/mol. The first-order valence-corrected chi connectivity index (χ1v) is 9.12. The lowest BCUT2D eigenvalue weighted by Gasteiger charge is -2.47. The van der Waals surface area contributed by atoms with Gasteiger partial charge in [-0.05, 0) is 68.7 Å². The second-order valence-electron chi connectivity index (χ2n) is 8.00. The van der Waals surface area contributed by atoms with Crippen molar-refractivity contribution in [2.24, 2.45) is 23.0 Å². The largest absolute Gasteiger partial charge is 0.329 e. The molecule has 1 heterocycles. The number of nitrogens with two attached hydrogens (primary N) is 1. The summed E-state index contributed by atoms with van der Waals surface area (Å²) in [5, 5.41) is 0. The fraction of sp³-hybridized carbons (Fsp3) is 1.00. The molecule has 2 aliphatic carbocycles. The van der Waals surface area contributed by atoms with Crippen LogP contribution in [0, 0.1) is 17.3 Å². The molecule has 3 aliphatic rings. The number of rotatable bonds is 5. The highest BCUT2D eigenvalue weighted by molar-refractivity contribution is 5.03. The Labute approximate surface area is 125 Å². The van der Waals surface area contributed by atoms with Gasteiger partial charge in [0, 0.05) is 18.6 Å². The van der Waals surface area contributed by atoms with E-state index in [0.29, 0.717) is 11.0 Å². The Hall–Kier alpha value is -0.0800. The van der Waals surface area contributed by atoms with Gasteiger partial charge < -0.3 is 5.73 Å². The minimum absolute atomic E-state index is 0.359.